The van der Waals surface area contributed by atoms with Gasteiger partial charge in [-0.05, 0) is 36.2 Å². The van der Waals surface area contributed by atoms with Crippen molar-refractivity contribution < 1.29 is 9.47 Å². The lowest BCUT2D eigenvalue weighted by Crippen LogP contribution is -1.99. The maximum absolute atomic E-state index is 5.79. The third-order valence-electron chi connectivity index (χ3n) is 2.75. The van der Waals surface area contributed by atoms with Crippen LogP contribution in [-0.4, -0.2) is 12.1 Å². The van der Waals surface area contributed by atoms with Crippen molar-refractivity contribution in [1.82, 2.24) is 4.98 Å². The van der Waals surface area contributed by atoms with Gasteiger partial charge in [-0.2, -0.15) is 0 Å². The van der Waals surface area contributed by atoms with E-state index in [1.54, 1.807) is 13.3 Å². The van der Waals surface area contributed by atoms with Crippen molar-refractivity contribution in [1.29, 1.82) is 0 Å². The van der Waals surface area contributed by atoms with Gasteiger partial charge in [0.2, 0.25) is 5.88 Å². The van der Waals surface area contributed by atoms with Crippen molar-refractivity contribution in [3.05, 3.63) is 53.2 Å². The maximum Gasteiger partial charge on any atom is 0.222 e. The van der Waals surface area contributed by atoms with Gasteiger partial charge in [-0.25, -0.2) is 4.98 Å². The van der Waals surface area contributed by atoms with Crippen LogP contribution in [0.5, 0.6) is 11.6 Å². The molecule has 100 valence electrons. The Bertz CT molecular complexity index is 556. The van der Waals surface area contributed by atoms with Crippen LogP contribution in [0.1, 0.15) is 16.7 Å². The first-order chi connectivity index (χ1) is 9.22. The van der Waals surface area contributed by atoms with E-state index in [1.165, 1.54) is 0 Å². The van der Waals surface area contributed by atoms with E-state index in [4.69, 9.17) is 15.2 Å². The van der Waals surface area contributed by atoms with Crippen LogP contribution in [0.4, 0.5) is 0 Å². The highest BCUT2D eigenvalue weighted by Crippen LogP contribution is 2.24. The summed E-state index contributed by atoms with van der Waals surface area (Å²) >= 11 is 0. The summed E-state index contributed by atoms with van der Waals surface area (Å²) in [5, 5.41) is 0. The first-order valence-electron chi connectivity index (χ1n) is 6.14. The van der Waals surface area contributed by atoms with E-state index >= 15 is 0 Å². The van der Waals surface area contributed by atoms with Crippen LogP contribution in [0.2, 0.25) is 0 Å². The number of hydrogen-bond acceptors (Lipinski definition) is 4. The number of aromatic nitrogens is 1. The molecule has 2 rings (SSSR count). The fourth-order valence-corrected chi connectivity index (χ4v) is 1.82. The summed E-state index contributed by atoms with van der Waals surface area (Å²) in [5.41, 5.74) is 8.62. The monoisotopic (exact) mass is 258 g/mol. The molecule has 0 saturated heterocycles. The van der Waals surface area contributed by atoms with Gasteiger partial charge in [0.1, 0.15) is 5.75 Å². The van der Waals surface area contributed by atoms with E-state index in [0.29, 0.717) is 19.0 Å². The third-order valence-corrected chi connectivity index (χ3v) is 2.75. The van der Waals surface area contributed by atoms with E-state index in [9.17, 15) is 0 Å². The van der Waals surface area contributed by atoms with Gasteiger partial charge in [-0.1, -0.05) is 12.1 Å². The van der Waals surface area contributed by atoms with Gasteiger partial charge < -0.3 is 15.2 Å². The Labute approximate surface area is 113 Å². The Balaban J connectivity index is 2.18. The Morgan fingerprint density at radius 1 is 1.21 bits per heavy atom. The summed E-state index contributed by atoms with van der Waals surface area (Å²) in [6.07, 6.45) is 1.74. The topological polar surface area (TPSA) is 57.4 Å². The van der Waals surface area contributed by atoms with Gasteiger partial charge in [-0.15, -0.1) is 0 Å². The number of rotatable bonds is 5. The van der Waals surface area contributed by atoms with Gasteiger partial charge in [0, 0.05) is 25.4 Å². The lowest BCUT2D eigenvalue weighted by Gasteiger charge is -2.09. The van der Waals surface area contributed by atoms with Crippen molar-refractivity contribution in [3.63, 3.8) is 0 Å². The third kappa shape index (κ3) is 3.53. The molecular formula is C15H18N2O2. The fraction of sp³-hybridized carbons (Fsp3) is 0.267. The smallest absolute Gasteiger partial charge is 0.222 e. The van der Waals surface area contributed by atoms with Gasteiger partial charge >= 0.3 is 0 Å². The molecule has 0 aliphatic carbocycles. The highest BCUT2D eigenvalue weighted by Gasteiger charge is 2.05. The molecule has 0 aliphatic heterocycles. The molecule has 0 fully saturated rings. The van der Waals surface area contributed by atoms with Crippen molar-refractivity contribution in [2.45, 2.75) is 20.1 Å². The molecule has 1 aromatic heterocycles. The first-order valence-corrected chi connectivity index (χ1v) is 6.14. The van der Waals surface area contributed by atoms with Crippen LogP contribution in [0.15, 0.2) is 36.5 Å². The van der Waals surface area contributed by atoms with E-state index in [0.717, 1.165) is 22.4 Å². The molecular weight excluding hydrogens is 240 g/mol. The SMILES string of the molecule is COCc1cccc(Oc2ncc(CN)cc2C)c1. The molecule has 2 N–H and O–H groups in total. The van der Waals surface area contributed by atoms with E-state index in [-0.39, 0.29) is 0 Å². The highest BCUT2D eigenvalue weighted by atomic mass is 16.5. The minimum atomic E-state index is 0.484. The minimum absolute atomic E-state index is 0.484. The summed E-state index contributed by atoms with van der Waals surface area (Å²) in [7, 11) is 1.67. The normalized spacial score (nSPS) is 10.5. The number of nitrogens with two attached hydrogens (primary N) is 1. The van der Waals surface area contributed by atoms with Crippen LogP contribution in [0, 0.1) is 6.92 Å². The molecule has 4 nitrogen and oxygen atoms in total. The van der Waals surface area contributed by atoms with Crippen LogP contribution >= 0.6 is 0 Å². The zero-order valence-electron chi connectivity index (χ0n) is 11.2. The second-order valence-electron chi connectivity index (χ2n) is 4.35. The molecule has 1 aromatic carbocycles. The molecule has 0 unspecified atom stereocenters. The molecule has 0 spiro atoms. The molecule has 0 radical (unpaired) electrons. The minimum Gasteiger partial charge on any atom is -0.439 e. The van der Waals surface area contributed by atoms with E-state index in [1.807, 2.05) is 37.3 Å². The van der Waals surface area contributed by atoms with Crippen LogP contribution in [0.3, 0.4) is 0 Å². The van der Waals surface area contributed by atoms with Crippen molar-refractivity contribution in [3.8, 4) is 11.6 Å². The van der Waals surface area contributed by atoms with Gasteiger partial charge in [0.25, 0.3) is 0 Å². The lowest BCUT2D eigenvalue weighted by atomic mass is 10.2. The molecule has 0 saturated carbocycles. The average molecular weight is 258 g/mol. The summed E-state index contributed by atoms with van der Waals surface area (Å²) in [6, 6.07) is 9.77. The number of methoxy groups -OCH3 is 1. The van der Waals surface area contributed by atoms with Crippen molar-refractivity contribution in [2.75, 3.05) is 7.11 Å². The largest absolute Gasteiger partial charge is 0.439 e. The van der Waals surface area contributed by atoms with Gasteiger partial charge in [0.15, 0.2) is 0 Å². The molecule has 19 heavy (non-hydrogen) atoms. The molecule has 0 aliphatic rings. The fourth-order valence-electron chi connectivity index (χ4n) is 1.82. The Morgan fingerprint density at radius 3 is 2.74 bits per heavy atom. The summed E-state index contributed by atoms with van der Waals surface area (Å²) in [4.78, 5) is 4.29. The predicted octanol–water partition coefficient (Wildman–Crippen LogP) is 2.79. The number of benzene rings is 1. The summed E-state index contributed by atoms with van der Waals surface area (Å²) < 4.78 is 10.9. The zero-order valence-corrected chi connectivity index (χ0v) is 11.2. The first kappa shape index (κ1) is 13.5. The maximum atomic E-state index is 5.79. The van der Waals surface area contributed by atoms with Crippen LogP contribution in [-0.2, 0) is 17.9 Å². The number of hydrogen-bond donors (Lipinski definition) is 1. The van der Waals surface area contributed by atoms with Gasteiger partial charge in [0.05, 0.1) is 6.61 Å². The quantitative estimate of drug-likeness (QED) is 0.896. The molecule has 4 heteroatoms. The average Bonchev–Trinajstić information content (AvgIpc) is 2.42. The Hall–Kier alpha value is -1.91. The lowest BCUT2D eigenvalue weighted by molar-refractivity contribution is 0.184. The highest BCUT2D eigenvalue weighted by molar-refractivity contribution is 5.35. The number of pyridine rings is 1. The Kier molecular flexibility index (Phi) is 4.49. The molecule has 2 aromatic rings. The summed E-state index contributed by atoms with van der Waals surface area (Å²) in [6.45, 7) is 3.01. The molecule has 0 amide bonds. The van der Waals surface area contributed by atoms with Crippen molar-refractivity contribution in [2.24, 2.45) is 5.73 Å². The molecule has 0 atom stereocenters. The zero-order chi connectivity index (χ0) is 13.7. The van der Waals surface area contributed by atoms with Crippen LogP contribution in [0.25, 0.3) is 0 Å². The molecule has 0 bridgehead atoms. The Morgan fingerprint density at radius 2 is 2.05 bits per heavy atom. The second kappa shape index (κ2) is 6.31. The van der Waals surface area contributed by atoms with E-state index in [2.05, 4.69) is 4.98 Å². The van der Waals surface area contributed by atoms with Gasteiger partial charge in [-0.3, -0.25) is 0 Å². The number of aryl methyl sites for hydroxylation is 1. The van der Waals surface area contributed by atoms with E-state index < -0.39 is 0 Å². The van der Waals surface area contributed by atoms with Crippen LogP contribution < -0.4 is 10.5 Å². The second-order valence-corrected chi connectivity index (χ2v) is 4.35. The standard InChI is InChI=1S/C15H18N2O2/c1-11-6-13(8-16)9-17-15(11)19-14-5-3-4-12(7-14)10-18-2/h3-7,9H,8,10,16H2,1-2H3. The number of nitrogens with zero attached hydrogens (tertiary/aromatic N) is 1. The molecule has 1 heterocycles. The van der Waals surface area contributed by atoms with Crippen molar-refractivity contribution >= 4 is 0 Å². The predicted molar refractivity (Wildman–Crippen MR) is 74.1 cm³/mol. The number of ether oxygens (including phenoxy) is 2. The summed E-state index contributed by atoms with van der Waals surface area (Å²) in [5.74, 6) is 1.36.